The topological polar surface area (TPSA) is 66.9 Å². The summed E-state index contributed by atoms with van der Waals surface area (Å²) in [6.45, 7) is 4.24. The maximum absolute atomic E-state index is 11.6. The summed E-state index contributed by atoms with van der Waals surface area (Å²) in [5, 5.41) is 5.88. The maximum atomic E-state index is 11.6. The van der Waals surface area contributed by atoms with Crippen LogP contribution in [0.4, 0.5) is 5.82 Å². The van der Waals surface area contributed by atoms with Gasteiger partial charge in [-0.2, -0.15) is 0 Å². The minimum absolute atomic E-state index is 0.117. The minimum atomic E-state index is -0.220. The fourth-order valence-electron chi connectivity index (χ4n) is 1.02. The Morgan fingerprint density at radius 2 is 2.18 bits per heavy atom. The second kappa shape index (κ2) is 6.74. The quantitative estimate of drug-likeness (QED) is 0.809. The van der Waals surface area contributed by atoms with E-state index in [4.69, 9.17) is 23.2 Å². The average Bonchev–Trinajstić information content (AvgIpc) is 2.32. The first-order chi connectivity index (χ1) is 8.04. The predicted octanol–water partition coefficient (Wildman–Crippen LogP) is 2.11. The fourth-order valence-corrected chi connectivity index (χ4v) is 1.30. The van der Waals surface area contributed by atoms with Gasteiger partial charge in [0.2, 0.25) is 5.91 Å². The van der Waals surface area contributed by atoms with Crippen LogP contribution in [0.3, 0.4) is 0 Å². The van der Waals surface area contributed by atoms with Crippen LogP contribution in [0.1, 0.15) is 20.3 Å². The summed E-state index contributed by atoms with van der Waals surface area (Å²) in [5.74, 6) is 0.00425. The van der Waals surface area contributed by atoms with Gasteiger partial charge in [0.1, 0.15) is 11.3 Å². The number of carbonyl (C=O) groups is 1. The standard InChI is InChI=1S/C10H14Cl2N4O/c1-3-6(2)13-4-7(17)16-10-8(11)9(12)14-5-15-10/h5-6,13H,3-4H2,1-2H3,(H,14,15,16,17). The van der Waals surface area contributed by atoms with Crippen LogP contribution in [-0.2, 0) is 4.79 Å². The molecule has 0 saturated heterocycles. The Bertz CT molecular complexity index is 400. The molecule has 0 radical (unpaired) electrons. The largest absolute Gasteiger partial charge is 0.308 e. The molecule has 17 heavy (non-hydrogen) atoms. The molecule has 5 nitrogen and oxygen atoms in total. The molecule has 0 bridgehead atoms. The molecule has 0 aromatic carbocycles. The number of anilines is 1. The van der Waals surface area contributed by atoms with E-state index in [1.165, 1.54) is 6.33 Å². The molecule has 1 aromatic heterocycles. The first-order valence-electron chi connectivity index (χ1n) is 5.23. The molecule has 1 aromatic rings. The molecular weight excluding hydrogens is 263 g/mol. The molecule has 1 rings (SSSR count). The Morgan fingerprint density at radius 3 is 2.82 bits per heavy atom. The van der Waals surface area contributed by atoms with Crippen molar-refractivity contribution >= 4 is 34.9 Å². The van der Waals surface area contributed by atoms with Crippen LogP contribution >= 0.6 is 23.2 Å². The first kappa shape index (κ1) is 14.2. The lowest BCUT2D eigenvalue weighted by molar-refractivity contribution is -0.115. The summed E-state index contributed by atoms with van der Waals surface area (Å²) >= 11 is 11.5. The zero-order valence-electron chi connectivity index (χ0n) is 9.63. The predicted molar refractivity (Wildman–Crippen MR) is 68.4 cm³/mol. The highest BCUT2D eigenvalue weighted by atomic mass is 35.5. The van der Waals surface area contributed by atoms with Gasteiger partial charge in [-0.05, 0) is 13.3 Å². The Hall–Kier alpha value is -0.910. The summed E-state index contributed by atoms with van der Waals surface area (Å²) < 4.78 is 0. The van der Waals surface area contributed by atoms with Crippen LogP contribution in [0.15, 0.2) is 6.33 Å². The molecule has 0 aliphatic rings. The van der Waals surface area contributed by atoms with Crippen molar-refractivity contribution < 1.29 is 4.79 Å². The van der Waals surface area contributed by atoms with Gasteiger partial charge in [0, 0.05) is 6.04 Å². The number of nitrogens with zero attached hydrogens (tertiary/aromatic N) is 2. The van der Waals surface area contributed by atoms with E-state index in [1.54, 1.807) is 0 Å². The van der Waals surface area contributed by atoms with Crippen molar-refractivity contribution in [3.8, 4) is 0 Å². The van der Waals surface area contributed by atoms with Crippen molar-refractivity contribution in [1.29, 1.82) is 0 Å². The van der Waals surface area contributed by atoms with Crippen LogP contribution in [-0.4, -0.2) is 28.5 Å². The third-order valence-corrected chi connectivity index (χ3v) is 2.97. The van der Waals surface area contributed by atoms with E-state index >= 15 is 0 Å². The van der Waals surface area contributed by atoms with Crippen LogP contribution in [0.25, 0.3) is 0 Å². The summed E-state index contributed by atoms with van der Waals surface area (Å²) in [4.78, 5) is 19.1. The highest BCUT2D eigenvalue weighted by Gasteiger charge is 2.10. The third kappa shape index (κ3) is 4.46. The molecule has 7 heteroatoms. The van der Waals surface area contributed by atoms with Gasteiger partial charge in [0.05, 0.1) is 6.54 Å². The van der Waals surface area contributed by atoms with Gasteiger partial charge in [0.15, 0.2) is 11.0 Å². The van der Waals surface area contributed by atoms with Crippen molar-refractivity contribution in [2.45, 2.75) is 26.3 Å². The lowest BCUT2D eigenvalue weighted by atomic mass is 10.2. The SMILES string of the molecule is CCC(C)NCC(=O)Nc1ncnc(Cl)c1Cl. The average molecular weight is 277 g/mol. The summed E-state index contributed by atoms with van der Waals surface area (Å²) in [7, 11) is 0. The van der Waals surface area contributed by atoms with E-state index in [0.29, 0.717) is 0 Å². The van der Waals surface area contributed by atoms with Gasteiger partial charge < -0.3 is 10.6 Å². The smallest absolute Gasteiger partial charge is 0.239 e. The van der Waals surface area contributed by atoms with Crippen molar-refractivity contribution in [2.24, 2.45) is 0 Å². The van der Waals surface area contributed by atoms with E-state index in [9.17, 15) is 4.79 Å². The minimum Gasteiger partial charge on any atom is -0.308 e. The van der Waals surface area contributed by atoms with Gasteiger partial charge in [0.25, 0.3) is 0 Å². The van der Waals surface area contributed by atoms with Crippen LogP contribution in [0.5, 0.6) is 0 Å². The summed E-state index contributed by atoms with van der Waals surface area (Å²) in [6.07, 6.45) is 2.19. The van der Waals surface area contributed by atoms with E-state index in [-0.39, 0.29) is 34.5 Å². The lowest BCUT2D eigenvalue weighted by Crippen LogP contribution is -2.34. The molecule has 0 aliphatic carbocycles. The van der Waals surface area contributed by atoms with Crippen molar-refractivity contribution in [2.75, 3.05) is 11.9 Å². The monoisotopic (exact) mass is 276 g/mol. The molecule has 1 heterocycles. The maximum Gasteiger partial charge on any atom is 0.239 e. The van der Waals surface area contributed by atoms with Gasteiger partial charge in [-0.25, -0.2) is 9.97 Å². The Balaban J connectivity index is 2.54. The highest BCUT2D eigenvalue weighted by molar-refractivity contribution is 6.42. The molecule has 0 aliphatic heterocycles. The molecule has 94 valence electrons. The van der Waals surface area contributed by atoms with Gasteiger partial charge in [-0.1, -0.05) is 30.1 Å². The number of halogens is 2. The number of hydrogen-bond donors (Lipinski definition) is 2. The fraction of sp³-hybridized carbons (Fsp3) is 0.500. The van der Waals surface area contributed by atoms with Crippen molar-refractivity contribution in [1.82, 2.24) is 15.3 Å². The van der Waals surface area contributed by atoms with E-state index < -0.39 is 0 Å². The van der Waals surface area contributed by atoms with E-state index in [2.05, 4.69) is 20.6 Å². The second-order valence-corrected chi connectivity index (χ2v) is 4.30. The molecular formula is C10H14Cl2N4O. The Kier molecular flexibility index (Phi) is 5.61. The van der Waals surface area contributed by atoms with E-state index in [0.717, 1.165) is 6.42 Å². The molecule has 1 amide bonds. The van der Waals surface area contributed by atoms with Crippen molar-refractivity contribution in [3.63, 3.8) is 0 Å². The second-order valence-electron chi connectivity index (χ2n) is 3.57. The zero-order valence-corrected chi connectivity index (χ0v) is 11.1. The normalized spacial score (nSPS) is 12.2. The zero-order chi connectivity index (χ0) is 12.8. The number of amides is 1. The van der Waals surface area contributed by atoms with Gasteiger partial charge in [-0.15, -0.1) is 0 Å². The number of rotatable bonds is 5. The molecule has 0 fully saturated rings. The highest BCUT2D eigenvalue weighted by Crippen LogP contribution is 2.24. The van der Waals surface area contributed by atoms with Crippen LogP contribution in [0, 0.1) is 0 Å². The third-order valence-electron chi connectivity index (χ3n) is 2.23. The Labute approximate surface area is 110 Å². The van der Waals surface area contributed by atoms with Gasteiger partial charge >= 0.3 is 0 Å². The molecule has 1 unspecified atom stereocenters. The number of aromatic nitrogens is 2. The number of nitrogens with one attached hydrogen (secondary N) is 2. The lowest BCUT2D eigenvalue weighted by Gasteiger charge is -2.11. The van der Waals surface area contributed by atoms with Crippen LogP contribution in [0.2, 0.25) is 10.2 Å². The van der Waals surface area contributed by atoms with E-state index in [1.807, 2.05) is 13.8 Å². The van der Waals surface area contributed by atoms with Gasteiger partial charge in [-0.3, -0.25) is 4.79 Å². The molecule has 2 N–H and O–H groups in total. The van der Waals surface area contributed by atoms with Crippen LogP contribution < -0.4 is 10.6 Å². The molecule has 1 atom stereocenters. The number of carbonyl (C=O) groups excluding carboxylic acids is 1. The summed E-state index contributed by atoms with van der Waals surface area (Å²) in [6, 6.07) is 0.283. The molecule has 0 spiro atoms. The summed E-state index contributed by atoms with van der Waals surface area (Å²) in [5.41, 5.74) is 0. The molecule has 0 saturated carbocycles. The Morgan fingerprint density at radius 1 is 1.47 bits per heavy atom. The van der Waals surface area contributed by atoms with Crippen molar-refractivity contribution in [3.05, 3.63) is 16.5 Å². The first-order valence-corrected chi connectivity index (χ1v) is 5.99. The number of hydrogen-bond acceptors (Lipinski definition) is 4.